The van der Waals surface area contributed by atoms with Gasteiger partial charge < -0.3 is 10.1 Å². The second kappa shape index (κ2) is 5.64. The van der Waals surface area contributed by atoms with Crippen LogP contribution in [0.5, 0.6) is 0 Å². The molecule has 20 heavy (non-hydrogen) atoms. The summed E-state index contributed by atoms with van der Waals surface area (Å²) in [6.07, 6.45) is 0.00625. The van der Waals surface area contributed by atoms with Crippen molar-refractivity contribution >= 4 is 11.6 Å². The first-order valence-electron chi connectivity index (χ1n) is 6.91. The van der Waals surface area contributed by atoms with Crippen molar-refractivity contribution in [2.24, 2.45) is 11.8 Å². The van der Waals surface area contributed by atoms with Crippen LogP contribution in [0.3, 0.4) is 0 Å². The third-order valence-corrected chi connectivity index (χ3v) is 4.17. The molecule has 0 saturated carbocycles. The van der Waals surface area contributed by atoms with E-state index in [2.05, 4.69) is 11.4 Å². The lowest BCUT2D eigenvalue weighted by molar-refractivity contribution is -0.121. The molecule has 4 atom stereocenters. The molecule has 4 nitrogen and oxygen atoms in total. The second-order valence-corrected chi connectivity index (χ2v) is 5.56. The lowest BCUT2D eigenvalue weighted by Crippen LogP contribution is -2.32. The molecule has 1 aliphatic rings. The van der Waals surface area contributed by atoms with Crippen molar-refractivity contribution in [2.75, 3.05) is 5.32 Å². The molecule has 106 valence electrons. The van der Waals surface area contributed by atoms with E-state index in [-0.39, 0.29) is 30.0 Å². The standard InChI is InChI=1S/C16H20N2O2/c1-9-5-6-13(8-17)7-14(9)18-16(19)15-10(2)11(3)20-12(15)4/h5-7,10-12,15H,1-4H3,(H,18,19). The van der Waals surface area contributed by atoms with Crippen LogP contribution in [-0.4, -0.2) is 18.1 Å². The molecular formula is C16H20N2O2. The van der Waals surface area contributed by atoms with Crippen molar-refractivity contribution in [2.45, 2.75) is 39.9 Å². The molecule has 2 rings (SSSR count). The van der Waals surface area contributed by atoms with Crippen LogP contribution in [0.25, 0.3) is 0 Å². The molecule has 1 saturated heterocycles. The first-order chi connectivity index (χ1) is 9.43. The fraction of sp³-hybridized carbons (Fsp3) is 0.500. The molecule has 1 fully saturated rings. The number of aryl methyl sites for hydroxylation is 1. The van der Waals surface area contributed by atoms with E-state index in [0.29, 0.717) is 11.3 Å². The molecule has 1 aromatic carbocycles. The van der Waals surface area contributed by atoms with Gasteiger partial charge in [0.25, 0.3) is 0 Å². The van der Waals surface area contributed by atoms with Crippen molar-refractivity contribution in [3.8, 4) is 6.07 Å². The average Bonchev–Trinajstić information content (AvgIpc) is 2.66. The van der Waals surface area contributed by atoms with Gasteiger partial charge >= 0.3 is 0 Å². The minimum Gasteiger partial charge on any atom is -0.374 e. The SMILES string of the molecule is Cc1ccc(C#N)cc1NC(=O)C1C(C)OC(C)C1C. The molecule has 0 aliphatic carbocycles. The lowest BCUT2D eigenvalue weighted by Gasteiger charge is -2.18. The van der Waals surface area contributed by atoms with E-state index < -0.39 is 0 Å². The van der Waals surface area contributed by atoms with Gasteiger partial charge in [-0.05, 0) is 44.4 Å². The maximum absolute atomic E-state index is 12.5. The summed E-state index contributed by atoms with van der Waals surface area (Å²) in [4.78, 5) is 12.5. The molecule has 4 unspecified atom stereocenters. The number of hydrogen-bond acceptors (Lipinski definition) is 3. The van der Waals surface area contributed by atoms with Crippen molar-refractivity contribution < 1.29 is 9.53 Å². The Hall–Kier alpha value is -1.86. The molecule has 0 spiro atoms. The van der Waals surface area contributed by atoms with Crippen LogP contribution >= 0.6 is 0 Å². The molecule has 1 heterocycles. The van der Waals surface area contributed by atoms with Gasteiger partial charge in [0.05, 0.1) is 29.8 Å². The number of nitrogens with zero attached hydrogens (tertiary/aromatic N) is 1. The van der Waals surface area contributed by atoms with Gasteiger partial charge in [-0.2, -0.15) is 5.26 Å². The highest BCUT2D eigenvalue weighted by Gasteiger charge is 2.41. The Morgan fingerprint density at radius 2 is 2.00 bits per heavy atom. The number of anilines is 1. The largest absolute Gasteiger partial charge is 0.374 e. The third kappa shape index (κ3) is 2.68. The third-order valence-electron chi connectivity index (χ3n) is 4.17. The van der Waals surface area contributed by atoms with E-state index in [1.165, 1.54) is 0 Å². The minimum atomic E-state index is -0.157. The van der Waals surface area contributed by atoms with Gasteiger partial charge in [0.1, 0.15) is 0 Å². The van der Waals surface area contributed by atoms with E-state index in [4.69, 9.17) is 10.00 Å². The van der Waals surface area contributed by atoms with Crippen LogP contribution in [-0.2, 0) is 9.53 Å². The summed E-state index contributed by atoms with van der Waals surface area (Å²) < 4.78 is 5.71. The highest BCUT2D eigenvalue weighted by molar-refractivity contribution is 5.94. The molecule has 1 aromatic rings. The predicted octanol–water partition coefficient (Wildman–Crippen LogP) is 2.86. The number of ether oxygens (including phenoxy) is 1. The Labute approximate surface area is 119 Å². The van der Waals surface area contributed by atoms with Gasteiger partial charge in [-0.3, -0.25) is 4.79 Å². The van der Waals surface area contributed by atoms with Crippen molar-refractivity contribution in [1.29, 1.82) is 5.26 Å². The number of carbonyl (C=O) groups excluding carboxylic acids is 1. The van der Waals surface area contributed by atoms with Crippen molar-refractivity contribution in [1.82, 2.24) is 0 Å². The first-order valence-corrected chi connectivity index (χ1v) is 6.91. The number of benzene rings is 1. The second-order valence-electron chi connectivity index (χ2n) is 5.56. The number of nitrogens with one attached hydrogen (secondary N) is 1. The van der Waals surface area contributed by atoms with Gasteiger partial charge in [0.2, 0.25) is 5.91 Å². The highest BCUT2D eigenvalue weighted by Crippen LogP contribution is 2.33. The zero-order chi connectivity index (χ0) is 14.9. The van der Waals surface area contributed by atoms with Crippen LogP contribution < -0.4 is 5.32 Å². The normalized spacial score (nSPS) is 28.9. The molecule has 0 radical (unpaired) electrons. The number of amides is 1. The quantitative estimate of drug-likeness (QED) is 0.900. The Kier molecular flexibility index (Phi) is 4.10. The number of rotatable bonds is 2. The Morgan fingerprint density at radius 3 is 2.55 bits per heavy atom. The maximum Gasteiger partial charge on any atom is 0.230 e. The summed E-state index contributed by atoms with van der Waals surface area (Å²) >= 11 is 0. The van der Waals surface area contributed by atoms with E-state index in [1.807, 2.05) is 33.8 Å². The van der Waals surface area contributed by atoms with Crippen molar-refractivity contribution in [3.63, 3.8) is 0 Å². The topological polar surface area (TPSA) is 62.1 Å². The Morgan fingerprint density at radius 1 is 1.30 bits per heavy atom. The highest BCUT2D eigenvalue weighted by atomic mass is 16.5. The molecular weight excluding hydrogens is 252 g/mol. The van der Waals surface area contributed by atoms with Crippen molar-refractivity contribution in [3.05, 3.63) is 29.3 Å². The smallest absolute Gasteiger partial charge is 0.230 e. The van der Waals surface area contributed by atoms with Gasteiger partial charge in [-0.1, -0.05) is 13.0 Å². The lowest BCUT2D eigenvalue weighted by atomic mass is 9.88. The monoisotopic (exact) mass is 272 g/mol. The van der Waals surface area contributed by atoms with Crippen LogP contribution in [0.1, 0.15) is 31.9 Å². The zero-order valence-electron chi connectivity index (χ0n) is 12.3. The number of nitriles is 1. The van der Waals surface area contributed by atoms with Crippen LogP contribution in [0, 0.1) is 30.1 Å². The Balaban J connectivity index is 2.18. The summed E-state index contributed by atoms with van der Waals surface area (Å²) in [6.45, 7) is 7.88. The van der Waals surface area contributed by atoms with Crippen LogP contribution in [0.2, 0.25) is 0 Å². The zero-order valence-corrected chi connectivity index (χ0v) is 12.3. The first kappa shape index (κ1) is 14.5. The maximum atomic E-state index is 12.5. The molecule has 1 amide bonds. The molecule has 1 aliphatic heterocycles. The van der Waals surface area contributed by atoms with Crippen LogP contribution in [0.4, 0.5) is 5.69 Å². The summed E-state index contributed by atoms with van der Waals surface area (Å²) in [5.41, 5.74) is 2.20. The molecule has 0 aromatic heterocycles. The molecule has 4 heteroatoms. The van der Waals surface area contributed by atoms with Gasteiger partial charge in [0.15, 0.2) is 0 Å². The predicted molar refractivity (Wildman–Crippen MR) is 77.2 cm³/mol. The van der Waals surface area contributed by atoms with Gasteiger partial charge in [-0.25, -0.2) is 0 Å². The summed E-state index contributed by atoms with van der Waals surface area (Å²) in [6, 6.07) is 7.39. The van der Waals surface area contributed by atoms with Crippen LogP contribution in [0.15, 0.2) is 18.2 Å². The fourth-order valence-corrected chi connectivity index (χ4v) is 2.76. The summed E-state index contributed by atoms with van der Waals surface area (Å²) in [5.74, 6) is -0.00728. The van der Waals surface area contributed by atoms with E-state index >= 15 is 0 Å². The summed E-state index contributed by atoms with van der Waals surface area (Å²) in [5, 5.41) is 11.9. The van der Waals surface area contributed by atoms with E-state index in [0.717, 1.165) is 5.56 Å². The average molecular weight is 272 g/mol. The number of carbonyl (C=O) groups is 1. The molecule has 1 N–H and O–H groups in total. The molecule has 0 bridgehead atoms. The summed E-state index contributed by atoms with van der Waals surface area (Å²) in [7, 11) is 0. The minimum absolute atomic E-state index is 0.0347. The fourth-order valence-electron chi connectivity index (χ4n) is 2.76. The van der Waals surface area contributed by atoms with Gasteiger partial charge in [0, 0.05) is 5.69 Å². The number of hydrogen-bond donors (Lipinski definition) is 1. The Bertz CT molecular complexity index is 562. The van der Waals surface area contributed by atoms with Gasteiger partial charge in [-0.15, -0.1) is 0 Å². The van der Waals surface area contributed by atoms with E-state index in [1.54, 1.807) is 12.1 Å². The van der Waals surface area contributed by atoms with E-state index in [9.17, 15) is 4.79 Å².